The fourth-order valence-electron chi connectivity index (χ4n) is 3.23. The minimum absolute atomic E-state index is 0.0573. The van der Waals surface area contributed by atoms with E-state index in [4.69, 9.17) is 23.2 Å². The summed E-state index contributed by atoms with van der Waals surface area (Å²) in [6, 6.07) is 2.36. The number of fused-ring (bicyclic) bond motifs is 1. The van der Waals surface area contributed by atoms with Gasteiger partial charge in [0.25, 0.3) is 0 Å². The summed E-state index contributed by atoms with van der Waals surface area (Å²) in [6.07, 6.45) is 1.66. The average molecular weight is 437 g/mol. The van der Waals surface area contributed by atoms with Gasteiger partial charge in [-0.3, -0.25) is 9.59 Å². The zero-order valence-electron chi connectivity index (χ0n) is 13.6. The van der Waals surface area contributed by atoms with Crippen LogP contribution in [0.2, 0.25) is 5.02 Å². The van der Waals surface area contributed by atoms with Crippen LogP contribution in [0.1, 0.15) is 35.2 Å². The summed E-state index contributed by atoms with van der Waals surface area (Å²) < 4.78 is 46.9. The third kappa shape index (κ3) is 3.02. The monoisotopic (exact) mass is 436 g/mol. The molecule has 6 nitrogen and oxygen atoms in total. The van der Waals surface area contributed by atoms with Gasteiger partial charge >= 0.3 is 0 Å². The minimum Gasteiger partial charge on any atom is -0.294 e. The van der Waals surface area contributed by atoms with E-state index in [1.54, 1.807) is 0 Å². The van der Waals surface area contributed by atoms with Crippen LogP contribution in [-0.4, -0.2) is 39.2 Å². The molecular weight excluding hydrogens is 423 g/mol. The van der Waals surface area contributed by atoms with E-state index in [9.17, 15) is 26.4 Å². The second-order valence-electron chi connectivity index (χ2n) is 6.30. The lowest BCUT2D eigenvalue weighted by atomic mass is 9.91. The van der Waals surface area contributed by atoms with E-state index < -0.39 is 30.0 Å². The molecule has 0 aromatic heterocycles. The molecule has 0 bridgehead atoms. The molecule has 0 amide bonds. The zero-order valence-corrected chi connectivity index (χ0v) is 16.7. The highest BCUT2D eigenvalue weighted by atomic mass is 35.5. The predicted molar refractivity (Wildman–Crippen MR) is 97.0 cm³/mol. The van der Waals surface area contributed by atoms with Crippen LogP contribution in [0, 0.1) is 0 Å². The summed E-state index contributed by atoms with van der Waals surface area (Å²) in [7, 11) is -7.99. The second kappa shape index (κ2) is 6.44. The fraction of sp³-hybridized carbons (Fsp3) is 0.375. The van der Waals surface area contributed by atoms with Crippen molar-refractivity contribution in [1.82, 2.24) is 0 Å². The van der Waals surface area contributed by atoms with Gasteiger partial charge in [0.2, 0.25) is 0 Å². The first-order chi connectivity index (χ1) is 12.0. The van der Waals surface area contributed by atoms with E-state index in [0.717, 1.165) is 12.3 Å². The lowest BCUT2D eigenvalue weighted by Crippen LogP contribution is -2.26. The normalized spacial score (nSPS) is 22.4. The standard InChI is InChI=1S/C16H14Cl2O6S2/c1-25(21,22)13-7-9-12(26(13,23)24)6-5-8(15(9)18)16(20)14-10(17)3-2-4-11(14)19/h5-6,13H,2-4,7H2,1H3. The predicted octanol–water partition coefficient (Wildman–Crippen LogP) is 2.47. The molecule has 0 N–H and O–H groups in total. The van der Waals surface area contributed by atoms with E-state index >= 15 is 0 Å². The highest BCUT2D eigenvalue weighted by Crippen LogP contribution is 2.40. The van der Waals surface area contributed by atoms with Crippen molar-refractivity contribution >= 4 is 54.4 Å². The van der Waals surface area contributed by atoms with Gasteiger partial charge in [-0.1, -0.05) is 23.2 Å². The number of benzene rings is 1. The van der Waals surface area contributed by atoms with Gasteiger partial charge < -0.3 is 0 Å². The van der Waals surface area contributed by atoms with E-state index in [-0.39, 0.29) is 50.3 Å². The average Bonchev–Trinajstić information content (AvgIpc) is 2.79. The first-order valence-electron chi connectivity index (χ1n) is 7.67. The Hall–Kier alpha value is -1.22. The van der Waals surface area contributed by atoms with Gasteiger partial charge in [-0.25, -0.2) is 16.8 Å². The number of hydrogen-bond donors (Lipinski definition) is 0. The molecule has 1 unspecified atom stereocenters. The molecule has 0 saturated carbocycles. The van der Waals surface area contributed by atoms with Crippen LogP contribution in [0.5, 0.6) is 0 Å². The third-order valence-corrected chi connectivity index (χ3v) is 10.1. The Morgan fingerprint density at radius 2 is 1.85 bits per heavy atom. The van der Waals surface area contributed by atoms with Crippen molar-refractivity contribution in [3.05, 3.63) is 38.9 Å². The van der Waals surface area contributed by atoms with E-state index in [1.165, 1.54) is 6.07 Å². The fourth-order valence-corrected chi connectivity index (χ4v) is 8.01. The van der Waals surface area contributed by atoms with Crippen LogP contribution in [0.25, 0.3) is 0 Å². The molecule has 0 spiro atoms. The lowest BCUT2D eigenvalue weighted by Gasteiger charge is -2.15. The largest absolute Gasteiger partial charge is 0.294 e. The smallest absolute Gasteiger partial charge is 0.199 e. The first kappa shape index (κ1) is 19.5. The van der Waals surface area contributed by atoms with Crippen LogP contribution in [0.4, 0.5) is 0 Å². The number of Topliss-reactive ketones (excluding diaryl/α,β-unsaturated/α-hetero) is 2. The number of hydrogen-bond acceptors (Lipinski definition) is 6. The Morgan fingerprint density at radius 3 is 2.42 bits per heavy atom. The quantitative estimate of drug-likeness (QED) is 0.532. The molecule has 2 aliphatic rings. The summed E-state index contributed by atoms with van der Waals surface area (Å²) in [5.74, 6) is -1.06. The maximum Gasteiger partial charge on any atom is 0.199 e. The van der Waals surface area contributed by atoms with Gasteiger partial charge in [-0.05, 0) is 30.5 Å². The topological polar surface area (TPSA) is 102 Å². The Balaban J connectivity index is 2.14. The zero-order chi connectivity index (χ0) is 19.4. The molecular formula is C16H14Cl2O6S2. The molecule has 1 aliphatic carbocycles. The molecule has 0 fully saturated rings. The highest BCUT2D eigenvalue weighted by molar-refractivity contribution is 8.09. The summed E-state index contributed by atoms with van der Waals surface area (Å²) in [4.78, 5) is 24.6. The van der Waals surface area contributed by atoms with Crippen molar-refractivity contribution in [2.45, 2.75) is 35.2 Å². The SMILES string of the molecule is CS(=O)(=O)C1Cc2c(ccc(C(=O)C3=C(Cl)CCCC3=O)c2Cl)S1(=O)=O. The number of ketones is 2. The number of carbonyl (C=O) groups is 2. The van der Waals surface area contributed by atoms with E-state index in [1.807, 2.05) is 0 Å². The van der Waals surface area contributed by atoms with Crippen molar-refractivity contribution in [2.75, 3.05) is 6.26 Å². The first-order valence-corrected chi connectivity index (χ1v) is 11.9. The van der Waals surface area contributed by atoms with Crippen LogP contribution < -0.4 is 0 Å². The van der Waals surface area contributed by atoms with Crippen molar-refractivity contribution in [3.8, 4) is 0 Å². The van der Waals surface area contributed by atoms with Crippen molar-refractivity contribution in [1.29, 1.82) is 0 Å². The number of halogens is 2. The molecule has 1 aromatic rings. The molecule has 0 saturated heterocycles. The van der Waals surface area contributed by atoms with Gasteiger partial charge in [0.1, 0.15) is 0 Å². The van der Waals surface area contributed by atoms with Crippen LogP contribution >= 0.6 is 23.2 Å². The van der Waals surface area contributed by atoms with Crippen molar-refractivity contribution in [3.63, 3.8) is 0 Å². The maximum atomic E-state index is 12.8. The maximum absolute atomic E-state index is 12.8. The molecule has 1 atom stereocenters. The summed E-state index contributed by atoms with van der Waals surface area (Å²) in [5.41, 5.74) is -0.119. The summed E-state index contributed by atoms with van der Waals surface area (Å²) in [5, 5.41) is 0.00187. The Kier molecular flexibility index (Phi) is 4.84. The number of sulfone groups is 2. The molecule has 3 rings (SSSR count). The summed E-state index contributed by atoms with van der Waals surface area (Å²) >= 11 is 12.3. The minimum atomic E-state index is -4.10. The van der Waals surface area contributed by atoms with Gasteiger partial charge in [0, 0.05) is 29.7 Å². The van der Waals surface area contributed by atoms with Gasteiger partial charge in [-0.15, -0.1) is 0 Å². The van der Waals surface area contributed by atoms with Crippen LogP contribution in [-0.2, 0) is 30.9 Å². The molecule has 1 heterocycles. The van der Waals surface area contributed by atoms with Gasteiger partial charge in [0.05, 0.1) is 15.5 Å². The van der Waals surface area contributed by atoms with E-state index in [0.29, 0.717) is 12.8 Å². The molecule has 1 aliphatic heterocycles. The molecule has 0 radical (unpaired) electrons. The molecule has 26 heavy (non-hydrogen) atoms. The third-order valence-electron chi connectivity index (χ3n) is 4.52. The second-order valence-corrected chi connectivity index (χ2v) is 11.8. The Labute approximate surface area is 161 Å². The summed E-state index contributed by atoms with van der Waals surface area (Å²) in [6.45, 7) is 0. The Bertz CT molecular complexity index is 1080. The van der Waals surface area contributed by atoms with Gasteiger partial charge in [0.15, 0.2) is 35.8 Å². The van der Waals surface area contributed by atoms with Crippen molar-refractivity contribution < 1.29 is 26.4 Å². The van der Waals surface area contributed by atoms with Gasteiger partial charge in [-0.2, -0.15) is 0 Å². The highest BCUT2D eigenvalue weighted by Gasteiger charge is 2.45. The van der Waals surface area contributed by atoms with E-state index in [2.05, 4.69) is 0 Å². The van der Waals surface area contributed by atoms with Crippen LogP contribution in [0.3, 0.4) is 0 Å². The van der Waals surface area contributed by atoms with Crippen LogP contribution in [0.15, 0.2) is 27.6 Å². The Morgan fingerprint density at radius 1 is 1.19 bits per heavy atom. The number of allylic oxidation sites excluding steroid dienone is 2. The van der Waals surface area contributed by atoms with Crippen molar-refractivity contribution in [2.24, 2.45) is 0 Å². The molecule has 140 valence electrons. The number of rotatable bonds is 3. The molecule has 1 aromatic carbocycles. The lowest BCUT2D eigenvalue weighted by molar-refractivity contribution is -0.115. The molecule has 10 heteroatoms. The number of carbonyl (C=O) groups excluding carboxylic acids is 2.